The fourth-order valence-corrected chi connectivity index (χ4v) is 1.82. The Balaban J connectivity index is 2.55. The Morgan fingerprint density at radius 3 is 2.81 bits per heavy atom. The van der Waals surface area contributed by atoms with Gasteiger partial charge in [-0.2, -0.15) is 0 Å². The van der Waals surface area contributed by atoms with Crippen LogP contribution in [0.2, 0.25) is 0 Å². The van der Waals surface area contributed by atoms with Gasteiger partial charge in [0.05, 0.1) is 12.6 Å². The Morgan fingerprint density at radius 1 is 1.31 bits per heavy atom. The van der Waals surface area contributed by atoms with E-state index in [2.05, 4.69) is 18.0 Å². The van der Waals surface area contributed by atoms with Crippen molar-refractivity contribution in [2.24, 2.45) is 5.73 Å². The average Bonchev–Trinajstić information content (AvgIpc) is 2.30. The number of pyridine rings is 1. The van der Waals surface area contributed by atoms with Crippen LogP contribution < -0.4 is 10.5 Å². The smallest absolute Gasteiger partial charge is 0.119 e. The van der Waals surface area contributed by atoms with Gasteiger partial charge in [-0.05, 0) is 43.3 Å². The summed E-state index contributed by atoms with van der Waals surface area (Å²) in [4.78, 5) is 4.60. The zero-order valence-corrected chi connectivity index (χ0v) is 9.66. The van der Waals surface area contributed by atoms with Crippen molar-refractivity contribution < 1.29 is 4.74 Å². The van der Waals surface area contributed by atoms with Crippen LogP contribution in [0.15, 0.2) is 24.3 Å². The van der Waals surface area contributed by atoms with Crippen molar-refractivity contribution in [1.29, 1.82) is 0 Å². The van der Waals surface area contributed by atoms with E-state index in [4.69, 9.17) is 10.5 Å². The van der Waals surface area contributed by atoms with Crippen molar-refractivity contribution in [1.82, 2.24) is 4.98 Å². The monoisotopic (exact) mass is 216 g/mol. The number of ether oxygens (including phenoxy) is 1. The summed E-state index contributed by atoms with van der Waals surface area (Å²) < 4.78 is 5.19. The van der Waals surface area contributed by atoms with Crippen LogP contribution in [0.5, 0.6) is 5.75 Å². The molecule has 2 aromatic rings. The van der Waals surface area contributed by atoms with Gasteiger partial charge in [0.2, 0.25) is 0 Å². The first-order chi connectivity index (χ1) is 7.74. The molecule has 3 nitrogen and oxygen atoms in total. The molecule has 0 aliphatic carbocycles. The zero-order chi connectivity index (χ0) is 11.5. The molecule has 3 heteroatoms. The van der Waals surface area contributed by atoms with Crippen LogP contribution in [-0.2, 0) is 6.42 Å². The molecule has 0 saturated carbocycles. The molecule has 1 heterocycles. The molecule has 0 atom stereocenters. The Labute approximate surface area is 95.2 Å². The lowest BCUT2D eigenvalue weighted by Crippen LogP contribution is -2.06. The lowest BCUT2D eigenvalue weighted by atomic mass is 10.1. The minimum absolute atomic E-state index is 0.634. The summed E-state index contributed by atoms with van der Waals surface area (Å²) in [6.45, 7) is 2.70. The number of nitrogens with two attached hydrogens (primary N) is 1. The van der Waals surface area contributed by atoms with Gasteiger partial charge in [-0.25, -0.2) is 0 Å². The molecule has 0 aliphatic heterocycles. The lowest BCUT2D eigenvalue weighted by Gasteiger charge is -2.07. The Bertz CT molecular complexity index is 509. The maximum absolute atomic E-state index is 5.56. The van der Waals surface area contributed by atoms with E-state index in [1.807, 2.05) is 18.2 Å². The highest BCUT2D eigenvalue weighted by molar-refractivity contribution is 5.81. The summed E-state index contributed by atoms with van der Waals surface area (Å²) in [5, 5.41) is 1.11. The van der Waals surface area contributed by atoms with E-state index in [9.17, 15) is 0 Å². The van der Waals surface area contributed by atoms with Crippen molar-refractivity contribution in [3.05, 3.63) is 35.5 Å². The molecule has 2 rings (SSSR count). The number of aryl methyl sites for hydroxylation is 1. The van der Waals surface area contributed by atoms with Crippen molar-refractivity contribution in [2.75, 3.05) is 13.7 Å². The fraction of sp³-hybridized carbons (Fsp3) is 0.308. The standard InChI is InChI=1S/C13H16N2O/c1-9-7-10-8-11(16-2)3-4-13(10)15-12(9)5-6-14/h3-4,7-8H,5-6,14H2,1-2H3. The number of hydrogen-bond acceptors (Lipinski definition) is 3. The van der Waals surface area contributed by atoms with Gasteiger partial charge in [-0.3, -0.25) is 4.98 Å². The average molecular weight is 216 g/mol. The molecule has 0 bridgehead atoms. The summed E-state index contributed by atoms with van der Waals surface area (Å²) in [6.07, 6.45) is 0.827. The quantitative estimate of drug-likeness (QED) is 0.854. The first-order valence-electron chi connectivity index (χ1n) is 5.39. The molecule has 1 aromatic carbocycles. The molecule has 0 saturated heterocycles. The predicted octanol–water partition coefficient (Wildman–Crippen LogP) is 2.05. The number of hydrogen-bond donors (Lipinski definition) is 1. The van der Waals surface area contributed by atoms with Crippen LogP contribution in [-0.4, -0.2) is 18.6 Å². The van der Waals surface area contributed by atoms with E-state index in [1.165, 1.54) is 5.56 Å². The number of rotatable bonds is 3. The molecule has 0 unspecified atom stereocenters. The molecule has 0 amide bonds. The Hall–Kier alpha value is -1.61. The number of fused-ring (bicyclic) bond motifs is 1. The normalized spacial score (nSPS) is 10.7. The molecule has 1 aromatic heterocycles. The van der Waals surface area contributed by atoms with Crippen molar-refractivity contribution in [3.8, 4) is 5.75 Å². The summed E-state index contributed by atoms with van der Waals surface area (Å²) in [6, 6.07) is 8.04. The van der Waals surface area contributed by atoms with Crippen molar-refractivity contribution >= 4 is 10.9 Å². The van der Waals surface area contributed by atoms with Gasteiger partial charge in [0.1, 0.15) is 5.75 Å². The molecule has 0 spiro atoms. The van der Waals surface area contributed by atoms with Gasteiger partial charge in [-0.1, -0.05) is 0 Å². The van der Waals surface area contributed by atoms with Crippen molar-refractivity contribution in [3.63, 3.8) is 0 Å². The third kappa shape index (κ3) is 1.99. The minimum atomic E-state index is 0.634. The highest BCUT2D eigenvalue weighted by Crippen LogP contribution is 2.21. The van der Waals surface area contributed by atoms with Crippen LogP contribution in [0.4, 0.5) is 0 Å². The summed E-state index contributed by atoms with van der Waals surface area (Å²) in [7, 11) is 1.67. The van der Waals surface area contributed by atoms with Gasteiger partial charge in [0.15, 0.2) is 0 Å². The van der Waals surface area contributed by atoms with E-state index in [0.29, 0.717) is 6.54 Å². The number of nitrogens with zero attached hydrogens (tertiary/aromatic N) is 1. The summed E-state index contributed by atoms with van der Waals surface area (Å²) >= 11 is 0. The van der Waals surface area contributed by atoms with Gasteiger partial charge in [0.25, 0.3) is 0 Å². The third-order valence-corrected chi connectivity index (χ3v) is 2.70. The van der Waals surface area contributed by atoms with Gasteiger partial charge in [0, 0.05) is 17.5 Å². The first kappa shape index (κ1) is 10.9. The summed E-state index contributed by atoms with van der Waals surface area (Å²) in [5.41, 5.74) is 8.82. The van der Waals surface area contributed by atoms with E-state index < -0.39 is 0 Å². The molecule has 2 N–H and O–H groups in total. The lowest BCUT2D eigenvalue weighted by molar-refractivity contribution is 0.415. The van der Waals surface area contributed by atoms with E-state index in [0.717, 1.165) is 28.8 Å². The SMILES string of the molecule is COc1ccc2nc(CCN)c(C)cc2c1. The second kappa shape index (κ2) is 4.49. The predicted molar refractivity (Wildman–Crippen MR) is 65.8 cm³/mol. The third-order valence-electron chi connectivity index (χ3n) is 2.70. The number of methoxy groups -OCH3 is 1. The Morgan fingerprint density at radius 2 is 2.12 bits per heavy atom. The topological polar surface area (TPSA) is 48.1 Å². The van der Waals surface area contributed by atoms with Crippen LogP contribution >= 0.6 is 0 Å². The molecule has 0 fully saturated rings. The molecular weight excluding hydrogens is 200 g/mol. The summed E-state index contributed by atoms with van der Waals surface area (Å²) in [5.74, 6) is 0.861. The van der Waals surface area contributed by atoms with E-state index in [1.54, 1.807) is 7.11 Å². The maximum atomic E-state index is 5.56. The molecular formula is C13H16N2O. The first-order valence-corrected chi connectivity index (χ1v) is 5.39. The molecule has 0 radical (unpaired) electrons. The van der Waals surface area contributed by atoms with Crippen LogP contribution in [0.25, 0.3) is 10.9 Å². The Kier molecular flexibility index (Phi) is 3.06. The minimum Gasteiger partial charge on any atom is -0.497 e. The number of aromatic nitrogens is 1. The van der Waals surface area contributed by atoms with E-state index >= 15 is 0 Å². The second-order valence-electron chi connectivity index (χ2n) is 3.85. The van der Waals surface area contributed by atoms with Crippen LogP contribution in [0.1, 0.15) is 11.3 Å². The fourth-order valence-electron chi connectivity index (χ4n) is 1.82. The van der Waals surface area contributed by atoms with Crippen molar-refractivity contribution in [2.45, 2.75) is 13.3 Å². The zero-order valence-electron chi connectivity index (χ0n) is 9.66. The maximum Gasteiger partial charge on any atom is 0.119 e. The molecule has 0 aliphatic rings. The van der Waals surface area contributed by atoms with Gasteiger partial charge in [-0.15, -0.1) is 0 Å². The molecule has 16 heavy (non-hydrogen) atoms. The second-order valence-corrected chi connectivity index (χ2v) is 3.85. The van der Waals surface area contributed by atoms with Crippen LogP contribution in [0.3, 0.4) is 0 Å². The van der Waals surface area contributed by atoms with Gasteiger partial charge < -0.3 is 10.5 Å². The van der Waals surface area contributed by atoms with Crippen LogP contribution in [0, 0.1) is 6.92 Å². The highest BCUT2D eigenvalue weighted by Gasteiger charge is 2.03. The molecule has 84 valence electrons. The van der Waals surface area contributed by atoms with E-state index in [-0.39, 0.29) is 0 Å². The van der Waals surface area contributed by atoms with Gasteiger partial charge >= 0.3 is 0 Å². The largest absolute Gasteiger partial charge is 0.497 e. The number of benzene rings is 1. The highest BCUT2D eigenvalue weighted by atomic mass is 16.5.